The lowest BCUT2D eigenvalue weighted by Crippen LogP contribution is -2.41. The molecule has 3 aliphatic rings. The molecule has 0 bridgehead atoms. The van der Waals surface area contributed by atoms with Crippen LogP contribution in [0.3, 0.4) is 0 Å². The minimum absolute atomic E-state index is 0.0202. The van der Waals surface area contributed by atoms with E-state index in [2.05, 4.69) is 6.58 Å². The van der Waals surface area contributed by atoms with Crippen LogP contribution in [0.25, 0.3) is 6.08 Å². The number of nitro groups is 1. The smallest absolute Gasteiger partial charge is 0.269 e. The molecule has 0 spiro atoms. The summed E-state index contributed by atoms with van der Waals surface area (Å²) >= 11 is 1.50. The third-order valence-corrected chi connectivity index (χ3v) is 9.26. The molecule has 0 atom stereocenters. The number of thioether (sulfide) groups is 1. The summed E-state index contributed by atoms with van der Waals surface area (Å²) < 4.78 is 12.2. The summed E-state index contributed by atoms with van der Waals surface area (Å²) in [6.45, 7) is 6.42. The Bertz CT molecular complexity index is 1390. The Hall–Kier alpha value is -3.59. The molecule has 2 aromatic carbocycles. The molecule has 0 aromatic heterocycles. The number of hydrogen-bond donors (Lipinski definition) is 0. The van der Waals surface area contributed by atoms with Gasteiger partial charge in [0.2, 0.25) is 0 Å². The molecule has 1 amide bonds. The Labute approximate surface area is 258 Å². The highest BCUT2D eigenvalue weighted by atomic mass is 32.2. The molecule has 5 rings (SSSR count). The molecule has 1 aliphatic heterocycles. The van der Waals surface area contributed by atoms with Gasteiger partial charge in [0, 0.05) is 23.7 Å². The van der Waals surface area contributed by atoms with Crippen LogP contribution in [0.1, 0.15) is 87.8 Å². The van der Waals surface area contributed by atoms with Gasteiger partial charge in [-0.2, -0.15) is 0 Å². The van der Waals surface area contributed by atoms with Gasteiger partial charge in [-0.05, 0) is 80.1 Å². The zero-order chi connectivity index (χ0) is 30.2. The first-order valence-electron chi connectivity index (χ1n) is 15.5. The monoisotopic (exact) mass is 603 g/mol. The highest BCUT2D eigenvalue weighted by Gasteiger charge is 2.39. The van der Waals surface area contributed by atoms with Gasteiger partial charge in [0.05, 0.1) is 22.5 Å². The SMILES string of the molecule is C=CCc1cc(C=C2SC(=NC3CCCCC3)N(C3CCCCC3)C2=O)cc(OCC)c1OCc1cccc([N+](=O)[O-])c1. The molecular weight excluding hydrogens is 562 g/mol. The fourth-order valence-corrected chi connectivity index (χ4v) is 7.28. The van der Waals surface area contributed by atoms with E-state index in [1.807, 2.05) is 30.0 Å². The maximum Gasteiger partial charge on any atom is 0.269 e. The van der Waals surface area contributed by atoms with Crippen LogP contribution in [0.4, 0.5) is 5.69 Å². The lowest BCUT2D eigenvalue weighted by Gasteiger charge is -2.31. The van der Waals surface area contributed by atoms with Gasteiger partial charge in [-0.25, -0.2) is 0 Å². The van der Waals surface area contributed by atoms with E-state index < -0.39 is 4.92 Å². The van der Waals surface area contributed by atoms with Gasteiger partial charge in [-0.3, -0.25) is 24.8 Å². The van der Waals surface area contributed by atoms with Crippen LogP contribution in [-0.2, 0) is 17.8 Å². The van der Waals surface area contributed by atoms with Gasteiger partial charge in [0.1, 0.15) is 6.61 Å². The maximum absolute atomic E-state index is 13.9. The van der Waals surface area contributed by atoms with Crippen molar-refractivity contribution in [3.05, 3.63) is 80.8 Å². The van der Waals surface area contributed by atoms with E-state index in [4.69, 9.17) is 14.5 Å². The van der Waals surface area contributed by atoms with E-state index in [9.17, 15) is 14.9 Å². The van der Waals surface area contributed by atoms with Crippen molar-refractivity contribution < 1.29 is 19.2 Å². The minimum atomic E-state index is -0.413. The Morgan fingerprint density at radius 3 is 2.51 bits per heavy atom. The first kappa shape index (κ1) is 30.9. The molecule has 43 heavy (non-hydrogen) atoms. The van der Waals surface area contributed by atoms with Crippen LogP contribution in [0.5, 0.6) is 11.5 Å². The van der Waals surface area contributed by atoms with Crippen molar-refractivity contribution in [2.75, 3.05) is 6.61 Å². The molecule has 0 radical (unpaired) electrons. The van der Waals surface area contributed by atoms with Crippen molar-refractivity contribution in [3.8, 4) is 11.5 Å². The number of allylic oxidation sites excluding steroid dienone is 1. The largest absolute Gasteiger partial charge is 0.490 e. The maximum atomic E-state index is 13.9. The predicted molar refractivity (Wildman–Crippen MR) is 173 cm³/mol. The number of hydrogen-bond acceptors (Lipinski definition) is 7. The number of amides is 1. The predicted octanol–water partition coefficient (Wildman–Crippen LogP) is 8.24. The molecule has 8 nitrogen and oxygen atoms in total. The standard InChI is InChI=1S/C34H41N3O5S/c1-3-12-26-19-25(21-30(41-4-2)32(26)42-23-24-13-11-18-29(20-24)37(39)40)22-31-33(38)36(28-16-9-6-10-17-28)34(43-31)35-27-14-7-5-8-15-27/h3,11,13,18-22,27-28H,1,4-10,12,14-17,23H2,2H3. The van der Waals surface area contributed by atoms with Crippen molar-refractivity contribution in [2.24, 2.45) is 4.99 Å². The lowest BCUT2D eigenvalue weighted by molar-refractivity contribution is -0.384. The topological polar surface area (TPSA) is 94.3 Å². The quantitative estimate of drug-likeness (QED) is 0.111. The van der Waals surface area contributed by atoms with E-state index >= 15 is 0 Å². The number of aliphatic imine (C=N–C) groups is 1. The summed E-state index contributed by atoms with van der Waals surface area (Å²) in [4.78, 5) is 32.6. The van der Waals surface area contributed by atoms with Gasteiger partial charge in [0.25, 0.3) is 11.6 Å². The molecule has 9 heteroatoms. The van der Waals surface area contributed by atoms with Gasteiger partial charge in [-0.1, -0.05) is 56.7 Å². The summed E-state index contributed by atoms with van der Waals surface area (Å²) in [7, 11) is 0. The zero-order valence-electron chi connectivity index (χ0n) is 25.0. The molecule has 0 N–H and O–H groups in total. The number of nitro benzene ring substituents is 1. The molecule has 3 fully saturated rings. The first-order chi connectivity index (χ1) is 21.0. The molecule has 228 valence electrons. The third-order valence-electron chi connectivity index (χ3n) is 8.26. The van der Waals surface area contributed by atoms with Gasteiger partial charge in [-0.15, -0.1) is 6.58 Å². The number of benzene rings is 2. The summed E-state index contributed by atoms with van der Waals surface area (Å²) in [5, 5.41) is 12.1. The van der Waals surface area contributed by atoms with Crippen LogP contribution in [0, 0.1) is 10.1 Å². The number of nitrogens with zero attached hydrogens (tertiary/aromatic N) is 3. The lowest BCUT2D eigenvalue weighted by atomic mass is 9.94. The Morgan fingerprint density at radius 1 is 1.07 bits per heavy atom. The van der Waals surface area contributed by atoms with Crippen LogP contribution in [0.15, 0.2) is 59.0 Å². The molecule has 1 heterocycles. The first-order valence-corrected chi connectivity index (χ1v) is 16.4. The number of rotatable bonds is 11. The molecule has 2 saturated carbocycles. The van der Waals surface area contributed by atoms with Gasteiger partial charge >= 0.3 is 0 Å². The number of non-ortho nitro benzene ring substituents is 1. The molecular formula is C34H41N3O5S. The van der Waals surface area contributed by atoms with Crippen molar-refractivity contribution in [3.63, 3.8) is 0 Å². The van der Waals surface area contributed by atoms with Gasteiger partial charge < -0.3 is 9.47 Å². The van der Waals surface area contributed by atoms with Crippen LogP contribution >= 0.6 is 11.8 Å². The third kappa shape index (κ3) is 7.68. The minimum Gasteiger partial charge on any atom is -0.490 e. The normalized spacial score (nSPS) is 20.1. The van der Waals surface area contributed by atoms with Crippen molar-refractivity contribution in [1.82, 2.24) is 4.90 Å². The second kappa shape index (κ2) is 14.7. The molecule has 2 aliphatic carbocycles. The van der Waals surface area contributed by atoms with Crippen LogP contribution in [0.2, 0.25) is 0 Å². The van der Waals surface area contributed by atoms with E-state index in [-0.39, 0.29) is 24.2 Å². The van der Waals surface area contributed by atoms with E-state index in [0.717, 1.165) is 54.8 Å². The van der Waals surface area contributed by atoms with E-state index in [0.29, 0.717) is 41.0 Å². The number of carbonyl (C=O) groups excluding carboxylic acids is 1. The summed E-state index contributed by atoms with van der Waals surface area (Å²) in [5.41, 5.74) is 2.43. The molecule has 1 saturated heterocycles. The average molecular weight is 604 g/mol. The summed E-state index contributed by atoms with van der Waals surface area (Å²) in [6, 6.07) is 10.8. The average Bonchev–Trinajstić information content (AvgIpc) is 3.31. The number of ether oxygens (including phenoxy) is 2. The summed E-state index contributed by atoms with van der Waals surface area (Å²) in [5.74, 6) is 1.18. The van der Waals surface area contributed by atoms with Crippen LogP contribution < -0.4 is 9.47 Å². The number of amidine groups is 1. The van der Waals surface area contributed by atoms with Crippen LogP contribution in [-0.4, -0.2) is 39.6 Å². The second-order valence-corrected chi connectivity index (χ2v) is 12.4. The van der Waals surface area contributed by atoms with Gasteiger partial charge in [0.15, 0.2) is 16.7 Å². The Kier molecular flexibility index (Phi) is 10.6. The fraction of sp³-hybridized carbons (Fsp3) is 0.471. The van der Waals surface area contributed by atoms with Crippen molar-refractivity contribution in [2.45, 2.75) is 96.2 Å². The molecule has 0 unspecified atom stereocenters. The fourth-order valence-electron chi connectivity index (χ4n) is 6.17. The number of carbonyl (C=O) groups is 1. The summed E-state index contributed by atoms with van der Waals surface area (Å²) in [6.07, 6.45) is 15.7. The Morgan fingerprint density at radius 2 is 1.81 bits per heavy atom. The Balaban J connectivity index is 1.45. The molecule has 2 aromatic rings. The second-order valence-electron chi connectivity index (χ2n) is 11.4. The van der Waals surface area contributed by atoms with Crippen molar-refractivity contribution >= 4 is 34.6 Å². The zero-order valence-corrected chi connectivity index (χ0v) is 25.8. The van der Waals surface area contributed by atoms with E-state index in [1.165, 1.54) is 49.6 Å². The highest BCUT2D eigenvalue weighted by Crippen LogP contribution is 2.40. The highest BCUT2D eigenvalue weighted by molar-refractivity contribution is 8.18. The van der Waals surface area contributed by atoms with Crippen molar-refractivity contribution in [1.29, 1.82) is 0 Å². The van der Waals surface area contributed by atoms with E-state index in [1.54, 1.807) is 18.2 Å².